The summed E-state index contributed by atoms with van der Waals surface area (Å²) < 4.78 is 5.04. The van der Waals surface area contributed by atoms with Crippen molar-refractivity contribution in [3.05, 3.63) is 40.2 Å². The van der Waals surface area contributed by atoms with Gasteiger partial charge in [-0.15, -0.1) is 9.24 Å². The molecule has 14 heavy (non-hydrogen) atoms. The van der Waals surface area contributed by atoms with E-state index in [0.29, 0.717) is 22.7 Å². The van der Waals surface area contributed by atoms with E-state index in [1.807, 2.05) is 0 Å². The molecule has 2 rings (SSSR count). The fourth-order valence-corrected chi connectivity index (χ4v) is 1.71. The molecule has 0 aliphatic rings. The molecule has 2 aromatic rings. The number of fused-ring (bicyclic) bond motifs is 1. The maximum Gasteiger partial charge on any atom is 0.343 e. The average molecular weight is 208 g/mol. The van der Waals surface area contributed by atoms with Gasteiger partial charge in [0.05, 0.1) is 10.9 Å². The quantitative estimate of drug-likeness (QED) is 0.575. The van der Waals surface area contributed by atoms with Crippen LogP contribution in [0.2, 0.25) is 0 Å². The summed E-state index contributed by atoms with van der Waals surface area (Å²) in [4.78, 5) is 11.3. The molecule has 0 radical (unpaired) electrons. The van der Waals surface area contributed by atoms with Gasteiger partial charge in [-0.05, 0) is 18.3 Å². The first-order valence-electron chi connectivity index (χ1n) is 4.18. The maximum atomic E-state index is 11.3. The molecule has 0 spiro atoms. The summed E-state index contributed by atoms with van der Waals surface area (Å²) in [5, 5.41) is 10.3. The van der Waals surface area contributed by atoms with Crippen LogP contribution < -0.4 is 5.63 Å². The van der Waals surface area contributed by atoms with Gasteiger partial charge in [0.15, 0.2) is 0 Å². The van der Waals surface area contributed by atoms with Crippen molar-refractivity contribution in [2.75, 3.05) is 0 Å². The van der Waals surface area contributed by atoms with Crippen LogP contribution in [0.4, 0.5) is 0 Å². The minimum Gasteiger partial charge on any atom is -0.507 e. The SMILES string of the molecule is O=c1oc2ccccc2c(O)c1CP. The summed E-state index contributed by atoms with van der Waals surface area (Å²) >= 11 is 0. The predicted molar refractivity (Wildman–Crippen MR) is 57.6 cm³/mol. The van der Waals surface area contributed by atoms with Gasteiger partial charge < -0.3 is 9.52 Å². The van der Waals surface area contributed by atoms with E-state index in [0.717, 1.165) is 0 Å². The van der Waals surface area contributed by atoms with Crippen LogP contribution in [0.25, 0.3) is 11.0 Å². The van der Waals surface area contributed by atoms with Crippen LogP contribution in [0.1, 0.15) is 5.56 Å². The summed E-state index contributed by atoms with van der Waals surface area (Å²) in [6, 6.07) is 6.92. The molecule has 1 N–H and O–H groups in total. The minimum atomic E-state index is -0.476. The summed E-state index contributed by atoms with van der Waals surface area (Å²) in [5.74, 6) is 0.0202. The third-order valence-corrected chi connectivity index (χ3v) is 2.49. The maximum absolute atomic E-state index is 11.3. The Hall–Kier alpha value is -1.34. The van der Waals surface area contributed by atoms with Crippen LogP contribution in [0.5, 0.6) is 5.75 Å². The molecular formula is C10H9O3P. The van der Waals surface area contributed by atoms with E-state index in [-0.39, 0.29) is 5.75 Å². The lowest BCUT2D eigenvalue weighted by Crippen LogP contribution is -2.05. The number of hydrogen-bond donors (Lipinski definition) is 1. The second kappa shape index (κ2) is 3.43. The Morgan fingerprint density at radius 3 is 2.79 bits per heavy atom. The Morgan fingerprint density at radius 1 is 1.36 bits per heavy atom. The zero-order valence-corrected chi connectivity index (χ0v) is 8.51. The molecule has 0 saturated carbocycles. The Balaban J connectivity index is 2.93. The lowest BCUT2D eigenvalue weighted by atomic mass is 10.2. The van der Waals surface area contributed by atoms with Crippen LogP contribution in [-0.4, -0.2) is 5.11 Å². The van der Waals surface area contributed by atoms with E-state index in [4.69, 9.17) is 4.42 Å². The molecule has 0 aliphatic heterocycles. The predicted octanol–water partition coefficient (Wildman–Crippen LogP) is 1.87. The largest absolute Gasteiger partial charge is 0.507 e. The highest BCUT2D eigenvalue weighted by molar-refractivity contribution is 7.15. The highest BCUT2D eigenvalue weighted by Gasteiger charge is 2.10. The van der Waals surface area contributed by atoms with Crippen molar-refractivity contribution in [3.63, 3.8) is 0 Å². The Labute approximate surface area is 82.6 Å². The van der Waals surface area contributed by atoms with E-state index in [1.54, 1.807) is 24.3 Å². The first kappa shape index (κ1) is 9.22. The van der Waals surface area contributed by atoms with Gasteiger partial charge in [0.2, 0.25) is 0 Å². The smallest absolute Gasteiger partial charge is 0.343 e. The Kier molecular flexibility index (Phi) is 2.26. The molecule has 0 amide bonds. The van der Waals surface area contributed by atoms with Gasteiger partial charge in [0, 0.05) is 0 Å². The Morgan fingerprint density at radius 2 is 2.07 bits per heavy atom. The zero-order valence-electron chi connectivity index (χ0n) is 7.36. The van der Waals surface area contributed by atoms with Gasteiger partial charge in [-0.3, -0.25) is 0 Å². The fraction of sp³-hybridized carbons (Fsp3) is 0.100. The zero-order chi connectivity index (χ0) is 10.1. The van der Waals surface area contributed by atoms with Crippen molar-refractivity contribution in [1.82, 2.24) is 0 Å². The average Bonchev–Trinajstić information content (AvgIpc) is 2.18. The molecule has 4 heteroatoms. The highest BCUT2D eigenvalue weighted by atomic mass is 31.0. The molecule has 0 bridgehead atoms. The second-order valence-corrected chi connectivity index (χ2v) is 3.33. The molecule has 1 unspecified atom stereocenters. The number of rotatable bonds is 1. The molecule has 3 nitrogen and oxygen atoms in total. The number of aromatic hydroxyl groups is 1. The lowest BCUT2D eigenvalue weighted by Gasteiger charge is -2.02. The van der Waals surface area contributed by atoms with Gasteiger partial charge in [0.25, 0.3) is 0 Å². The lowest BCUT2D eigenvalue weighted by molar-refractivity contribution is 0.460. The summed E-state index contributed by atoms with van der Waals surface area (Å²) in [6.45, 7) is 0. The third kappa shape index (κ3) is 1.30. The number of para-hydroxylation sites is 1. The van der Waals surface area contributed by atoms with E-state index >= 15 is 0 Å². The van der Waals surface area contributed by atoms with Gasteiger partial charge >= 0.3 is 5.63 Å². The van der Waals surface area contributed by atoms with Crippen molar-refractivity contribution in [2.45, 2.75) is 6.16 Å². The van der Waals surface area contributed by atoms with Crippen LogP contribution in [0.3, 0.4) is 0 Å². The van der Waals surface area contributed by atoms with E-state index in [1.165, 1.54) is 0 Å². The van der Waals surface area contributed by atoms with Crippen molar-refractivity contribution in [2.24, 2.45) is 0 Å². The molecule has 0 fully saturated rings. The van der Waals surface area contributed by atoms with Crippen LogP contribution in [-0.2, 0) is 6.16 Å². The third-order valence-electron chi connectivity index (χ3n) is 2.08. The van der Waals surface area contributed by atoms with Crippen LogP contribution in [0.15, 0.2) is 33.5 Å². The summed E-state index contributed by atoms with van der Waals surface area (Å²) in [7, 11) is 2.39. The normalized spacial score (nSPS) is 10.6. The van der Waals surface area contributed by atoms with Gasteiger partial charge in [-0.25, -0.2) is 4.79 Å². The molecule has 0 saturated heterocycles. The molecule has 72 valence electrons. The van der Waals surface area contributed by atoms with Crippen molar-refractivity contribution < 1.29 is 9.52 Å². The first-order valence-corrected chi connectivity index (χ1v) is 4.99. The minimum absolute atomic E-state index is 0.0202. The molecular weight excluding hydrogens is 199 g/mol. The van der Waals surface area contributed by atoms with E-state index in [2.05, 4.69) is 9.24 Å². The van der Waals surface area contributed by atoms with Crippen LogP contribution >= 0.6 is 9.24 Å². The van der Waals surface area contributed by atoms with Crippen molar-refractivity contribution >= 4 is 20.2 Å². The van der Waals surface area contributed by atoms with E-state index < -0.39 is 5.63 Å². The molecule has 0 aliphatic carbocycles. The molecule has 1 atom stereocenters. The van der Waals surface area contributed by atoms with Gasteiger partial charge in [-0.2, -0.15) is 0 Å². The van der Waals surface area contributed by atoms with Crippen LogP contribution in [0, 0.1) is 0 Å². The molecule has 1 aromatic heterocycles. The molecule has 1 heterocycles. The monoisotopic (exact) mass is 208 g/mol. The topological polar surface area (TPSA) is 50.4 Å². The number of hydrogen-bond acceptors (Lipinski definition) is 3. The second-order valence-electron chi connectivity index (χ2n) is 2.92. The van der Waals surface area contributed by atoms with Gasteiger partial charge in [0.1, 0.15) is 11.3 Å². The van der Waals surface area contributed by atoms with E-state index in [9.17, 15) is 9.90 Å². The highest BCUT2D eigenvalue weighted by Crippen LogP contribution is 2.26. The van der Waals surface area contributed by atoms with Gasteiger partial charge in [-0.1, -0.05) is 12.1 Å². The van der Waals surface area contributed by atoms with Crippen molar-refractivity contribution in [3.8, 4) is 5.75 Å². The first-order chi connectivity index (χ1) is 6.74. The van der Waals surface area contributed by atoms with Crippen molar-refractivity contribution in [1.29, 1.82) is 0 Å². The standard InChI is InChI=1S/C10H9O3P/c11-9-6-3-1-2-4-8(6)13-10(12)7(9)5-14/h1-4,11H,5,14H2. The fourth-order valence-electron chi connectivity index (χ4n) is 1.35. The Bertz CT molecular complexity index is 530. The molecule has 1 aromatic carbocycles. The summed E-state index contributed by atoms with van der Waals surface area (Å²) in [6.07, 6.45) is 0.388. The number of benzene rings is 1. The summed E-state index contributed by atoms with van der Waals surface area (Å²) in [5.41, 5.74) is 0.238.